The lowest BCUT2D eigenvalue weighted by molar-refractivity contribution is -0.141. The molecule has 2 aromatic carbocycles. The van der Waals surface area contributed by atoms with Gasteiger partial charge in [-0.25, -0.2) is 0 Å². The zero-order valence-corrected chi connectivity index (χ0v) is 15.2. The van der Waals surface area contributed by atoms with Gasteiger partial charge in [-0.15, -0.1) is 0 Å². The molecule has 26 heavy (non-hydrogen) atoms. The van der Waals surface area contributed by atoms with E-state index in [0.29, 0.717) is 24.3 Å². The molecule has 2 aromatic rings. The second-order valence-electron chi connectivity index (χ2n) is 7.08. The molecule has 0 radical (unpaired) electrons. The van der Waals surface area contributed by atoms with Crippen LogP contribution in [-0.2, 0) is 4.79 Å². The number of aliphatic hydroxyl groups is 1. The molecular weight excluding hydrogens is 328 g/mol. The van der Waals surface area contributed by atoms with Gasteiger partial charge in [-0.3, -0.25) is 4.79 Å². The summed E-state index contributed by atoms with van der Waals surface area (Å²) in [4.78, 5) is 12.1. The summed E-state index contributed by atoms with van der Waals surface area (Å²) < 4.78 is 11.3. The Morgan fingerprint density at radius 3 is 2.27 bits per heavy atom. The molecule has 0 unspecified atom stereocenters. The van der Waals surface area contributed by atoms with Crippen LogP contribution in [0.15, 0.2) is 54.6 Å². The number of ether oxygens (including phenoxy) is 2. The third kappa shape index (κ3) is 5.09. The average Bonchev–Trinajstić information content (AvgIpc) is 2.64. The first kappa shape index (κ1) is 18.5. The van der Waals surface area contributed by atoms with Crippen LogP contribution in [0.4, 0.5) is 0 Å². The highest BCUT2D eigenvalue weighted by atomic mass is 16.5. The van der Waals surface area contributed by atoms with E-state index < -0.39 is 5.60 Å². The lowest BCUT2D eigenvalue weighted by atomic mass is 9.82. The molecule has 0 aliphatic heterocycles. The van der Waals surface area contributed by atoms with Gasteiger partial charge in [0.25, 0.3) is 0 Å². The Morgan fingerprint density at radius 1 is 1.00 bits per heavy atom. The monoisotopic (exact) mass is 354 g/mol. The normalized spacial score (nSPS) is 17.3. The van der Waals surface area contributed by atoms with Crippen LogP contribution in [0.25, 0.3) is 0 Å². The van der Waals surface area contributed by atoms with E-state index in [0.717, 1.165) is 24.8 Å². The third-order valence-corrected chi connectivity index (χ3v) is 4.89. The average molecular weight is 354 g/mol. The van der Waals surface area contributed by atoms with Gasteiger partial charge < -0.3 is 14.6 Å². The van der Waals surface area contributed by atoms with Crippen molar-refractivity contribution in [2.24, 2.45) is 0 Å². The molecule has 138 valence electrons. The zero-order valence-electron chi connectivity index (χ0n) is 15.2. The molecule has 3 rings (SSSR count). The predicted octanol–water partition coefficient (Wildman–Crippen LogP) is 4.82. The highest BCUT2D eigenvalue weighted by molar-refractivity contribution is 5.73. The fourth-order valence-corrected chi connectivity index (χ4v) is 3.41. The minimum absolute atomic E-state index is 0.0519. The molecule has 1 aliphatic rings. The summed E-state index contributed by atoms with van der Waals surface area (Å²) in [7, 11) is 0. The fourth-order valence-electron chi connectivity index (χ4n) is 3.41. The Bertz CT molecular complexity index is 703. The van der Waals surface area contributed by atoms with Crippen molar-refractivity contribution in [2.45, 2.75) is 57.2 Å². The number of carbonyl (C=O) groups excluding carboxylic acids is 1. The van der Waals surface area contributed by atoms with Crippen LogP contribution in [0.1, 0.15) is 57.1 Å². The van der Waals surface area contributed by atoms with Crippen molar-refractivity contribution < 1.29 is 19.4 Å². The molecule has 4 heteroatoms. The highest BCUT2D eigenvalue weighted by Gasteiger charge is 2.32. The van der Waals surface area contributed by atoms with Gasteiger partial charge in [-0.1, -0.05) is 49.6 Å². The number of hydrogen-bond donors (Lipinski definition) is 1. The van der Waals surface area contributed by atoms with Crippen LogP contribution in [0.5, 0.6) is 11.5 Å². The van der Waals surface area contributed by atoms with E-state index >= 15 is 0 Å². The summed E-state index contributed by atoms with van der Waals surface area (Å²) in [6, 6.07) is 17.0. The van der Waals surface area contributed by atoms with Crippen LogP contribution in [0, 0.1) is 0 Å². The first-order chi connectivity index (χ1) is 12.5. The molecule has 1 aliphatic carbocycles. The maximum absolute atomic E-state index is 12.1. The summed E-state index contributed by atoms with van der Waals surface area (Å²) in [5.74, 6) is 0.793. The Labute approximate surface area is 154 Å². The summed E-state index contributed by atoms with van der Waals surface area (Å²) in [6.07, 6.45) is 4.39. The van der Waals surface area contributed by atoms with Crippen molar-refractivity contribution in [1.29, 1.82) is 0 Å². The second kappa shape index (κ2) is 8.37. The predicted molar refractivity (Wildman–Crippen MR) is 100 cm³/mol. The molecule has 0 amide bonds. The van der Waals surface area contributed by atoms with Crippen molar-refractivity contribution in [3.05, 3.63) is 60.2 Å². The van der Waals surface area contributed by atoms with E-state index in [1.54, 1.807) is 24.3 Å². The number of esters is 1. The Kier molecular flexibility index (Phi) is 5.94. The van der Waals surface area contributed by atoms with Gasteiger partial charge in [0, 0.05) is 0 Å². The lowest BCUT2D eigenvalue weighted by Gasteiger charge is -2.30. The molecule has 0 bridgehead atoms. The van der Waals surface area contributed by atoms with Crippen molar-refractivity contribution in [1.82, 2.24) is 0 Å². The summed E-state index contributed by atoms with van der Waals surface area (Å²) in [5, 5.41) is 10.5. The minimum atomic E-state index is -0.899. The number of carbonyl (C=O) groups is 1. The van der Waals surface area contributed by atoms with Crippen LogP contribution < -0.4 is 9.47 Å². The Hall–Kier alpha value is -2.33. The van der Waals surface area contributed by atoms with E-state index in [9.17, 15) is 9.90 Å². The zero-order chi connectivity index (χ0) is 18.4. The summed E-state index contributed by atoms with van der Waals surface area (Å²) in [6.45, 7) is 1.99. The lowest BCUT2D eigenvalue weighted by Crippen LogP contribution is -2.35. The second-order valence-corrected chi connectivity index (χ2v) is 7.08. The summed E-state index contributed by atoms with van der Waals surface area (Å²) >= 11 is 0. The van der Waals surface area contributed by atoms with E-state index in [4.69, 9.17) is 9.47 Å². The van der Waals surface area contributed by atoms with Gasteiger partial charge in [0.2, 0.25) is 0 Å². The highest BCUT2D eigenvalue weighted by Crippen LogP contribution is 2.31. The number of hydrogen-bond acceptors (Lipinski definition) is 4. The van der Waals surface area contributed by atoms with Gasteiger partial charge in [0.1, 0.15) is 17.6 Å². The van der Waals surface area contributed by atoms with E-state index in [1.807, 2.05) is 37.3 Å². The third-order valence-electron chi connectivity index (χ3n) is 4.89. The number of rotatable bonds is 6. The molecule has 1 atom stereocenters. The van der Waals surface area contributed by atoms with Crippen LogP contribution in [-0.4, -0.2) is 16.7 Å². The maximum Gasteiger partial charge on any atom is 0.314 e. The van der Waals surface area contributed by atoms with Crippen LogP contribution >= 0.6 is 0 Å². The smallest absolute Gasteiger partial charge is 0.314 e. The van der Waals surface area contributed by atoms with Gasteiger partial charge in [0.05, 0.1) is 12.0 Å². The molecule has 0 aromatic heterocycles. The van der Waals surface area contributed by atoms with Crippen molar-refractivity contribution >= 4 is 5.97 Å². The molecule has 0 heterocycles. The molecule has 1 saturated carbocycles. The molecule has 1 N–H and O–H groups in total. The topological polar surface area (TPSA) is 55.8 Å². The SMILES string of the molecule is C[C@@H](Oc1ccc(OC(=O)CC2(O)CCCCC2)cc1)c1ccccc1. The standard InChI is InChI=1S/C22H26O4/c1-17(18-8-4-2-5-9-18)25-19-10-12-20(13-11-19)26-21(23)16-22(24)14-6-3-7-15-22/h2,4-5,8-13,17,24H,3,6-7,14-16H2,1H3/t17-/m1/s1. The molecule has 1 fully saturated rings. The van der Waals surface area contributed by atoms with E-state index in [1.165, 1.54) is 0 Å². The number of benzene rings is 2. The van der Waals surface area contributed by atoms with Gasteiger partial charge in [-0.2, -0.15) is 0 Å². The van der Waals surface area contributed by atoms with E-state index in [-0.39, 0.29) is 18.5 Å². The first-order valence-corrected chi connectivity index (χ1v) is 9.29. The maximum atomic E-state index is 12.1. The quantitative estimate of drug-likeness (QED) is 0.597. The van der Waals surface area contributed by atoms with Crippen LogP contribution in [0.2, 0.25) is 0 Å². The minimum Gasteiger partial charge on any atom is -0.486 e. The van der Waals surface area contributed by atoms with Crippen molar-refractivity contribution in [2.75, 3.05) is 0 Å². The van der Waals surface area contributed by atoms with Gasteiger partial charge >= 0.3 is 5.97 Å². The van der Waals surface area contributed by atoms with Crippen molar-refractivity contribution in [3.8, 4) is 11.5 Å². The van der Waals surface area contributed by atoms with Gasteiger partial charge in [-0.05, 0) is 49.6 Å². The molecular formula is C22H26O4. The molecule has 0 saturated heterocycles. The molecule has 0 spiro atoms. The fraction of sp³-hybridized carbons (Fsp3) is 0.409. The van der Waals surface area contributed by atoms with Gasteiger partial charge in [0.15, 0.2) is 0 Å². The Balaban J connectivity index is 1.53. The van der Waals surface area contributed by atoms with Crippen LogP contribution in [0.3, 0.4) is 0 Å². The molecule has 4 nitrogen and oxygen atoms in total. The first-order valence-electron chi connectivity index (χ1n) is 9.29. The largest absolute Gasteiger partial charge is 0.486 e. The Morgan fingerprint density at radius 2 is 1.62 bits per heavy atom. The summed E-state index contributed by atoms with van der Waals surface area (Å²) in [5.41, 5.74) is 0.201. The van der Waals surface area contributed by atoms with Crippen molar-refractivity contribution in [3.63, 3.8) is 0 Å². The van der Waals surface area contributed by atoms with E-state index in [2.05, 4.69) is 0 Å².